The van der Waals surface area contributed by atoms with Crippen LogP contribution in [0.3, 0.4) is 0 Å². The molecule has 4 nitrogen and oxygen atoms in total. The van der Waals surface area contributed by atoms with Crippen LogP contribution < -0.4 is 4.72 Å². The van der Waals surface area contributed by atoms with Crippen molar-refractivity contribution in [2.24, 2.45) is 0 Å². The zero-order valence-corrected chi connectivity index (χ0v) is 10.6. The molecule has 2 rings (SSSR count). The SMILES string of the molecule is Cc1cc(NS(=O)(=O)c2ccccc2)ccc1O. The minimum Gasteiger partial charge on any atom is -0.508 e. The van der Waals surface area contributed by atoms with Gasteiger partial charge in [-0.05, 0) is 42.8 Å². The van der Waals surface area contributed by atoms with Gasteiger partial charge in [0, 0.05) is 5.69 Å². The lowest BCUT2D eigenvalue weighted by Gasteiger charge is -2.09. The zero-order chi connectivity index (χ0) is 13.2. The van der Waals surface area contributed by atoms with E-state index >= 15 is 0 Å². The van der Waals surface area contributed by atoms with Crippen LogP contribution in [0.4, 0.5) is 5.69 Å². The molecule has 0 aliphatic heterocycles. The molecule has 2 N–H and O–H groups in total. The van der Waals surface area contributed by atoms with E-state index in [1.54, 1.807) is 31.2 Å². The van der Waals surface area contributed by atoms with Crippen LogP contribution in [0.5, 0.6) is 5.75 Å². The molecular weight excluding hydrogens is 250 g/mol. The fourth-order valence-corrected chi connectivity index (χ4v) is 2.60. The quantitative estimate of drug-likeness (QED) is 0.836. The average Bonchev–Trinajstić information content (AvgIpc) is 2.35. The molecule has 0 aliphatic rings. The number of anilines is 1. The van der Waals surface area contributed by atoms with E-state index < -0.39 is 10.0 Å². The summed E-state index contributed by atoms with van der Waals surface area (Å²) in [6, 6.07) is 12.7. The molecule has 0 fully saturated rings. The van der Waals surface area contributed by atoms with Gasteiger partial charge >= 0.3 is 0 Å². The van der Waals surface area contributed by atoms with Gasteiger partial charge in [0.05, 0.1) is 4.90 Å². The second-order valence-electron chi connectivity index (χ2n) is 3.92. The van der Waals surface area contributed by atoms with Crippen LogP contribution in [-0.4, -0.2) is 13.5 Å². The van der Waals surface area contributed by atoms with Gasteiger partial charge in [-0.3, -0.25) is 4.72 Å². The van der Waals surface area contributed by atoms with Crippen molar-refractivity contribution in [1.29, 1.82) is 0 Å². The van der Waals surface area contributed by atoms with Crippen LogP contribution in [-0.2, 0) is 10.0 Å². The van der Waals surface area contributed by atoms with Crippen LogP contribution in [0.15, 0.2) is 53.4 Å². The molecule has 5 heteroatoms. The predicted molar refractivity (Wildman–Crippen MR) is 70.1 cm³/mol. The Bertz CT molecular complexity index is 651. The van der Waals surface area contributed by atoms with Gasteiger partial charge in [0.2, 0.25) is 0 Å². The molecule has 0 radical (unpaired) electrons. The number of benzene rings is 2. The largest absolute Gasteiger partial charge is 0.508 e. The first kappa shape index (κ1) is 12.4. The standard InChI is InChI=1S/C13H13NO3S/c1-10-9-11(7-8-13(10)15)14-18(16,17)12-5-3-2-4-6-12/h2-9,14-15H,1H3. The van der Waals surface area contributed by atoms with Gasteiger partial charge in [-0.1, -0.05) is 18.2 Å². The highest BCUT2D eigenvalue weighted by molar-refractivity contribution is 7.92. The number of nitrogens with one attached hydrogen (secondary N) is 1. The Hall–Kier alpha value is -2.01. The molecule has 94 valence electrons. The lowest BCUT2D eigenvalue weighted by Crippen LogP contribution is -2.12. The summed E-state index contributed by atoms with van der Waals surface area (Å²) in [5.74, 6) is 0.137. The summed E-state index contributed by atoms with van der Waals surface area (Å²) < 4.78 is 26.5. The predicted octanol–water partition coefficient (Wildman–Crippen LogP) is 2.50. The van der Waals surface area contributed by atoms with E-state index in [4.69, 9.17) is 0 Å². The minimum absolute atomic E-state index is 0.137. The smallest absolute Gasteiger partial charge is 0.261 e. The van der Waals surface area contributed by atoms with E-state index in [0.29, 0.717) is 11.3 Å². The van der Waals surface area contributed by atoms with Gasteiger partial charge in [0.15, 0.2) is 0 Å². The molecule has 0 bridgehead atoms. The highest BCUT2D eigenvalue weighted by atomic mass is 32.2. The van der Waals surface area contributed by atoms with E-state index in [1.807, 2.05) is 0 Å². The van der Waals surface area contributed by atoms with Crippen molar-refractivity contribution in [1.82, 2.24) is 0 Å². The van der Waals surface area contributed by atoms with Crippen molar-refractivity contribution in [2.45, 2.75) is 11.8 Å². The first-order valence-electron chi connectivity index (χ1n) is 5.36. The van der Waals surface area contributed by atoms with Crippen molar-refractivity contribution in [3.8, 4) is 5.75 Å². The van der Waals surface area contributed by atoms with E-state index in [1.165, 1.54) is 24.3 Å². The van der Waals surface area contributed by atoms with Crippen molar-refractivity contribution in [2.75, 3.05) is 4.72 Å². The maximum absolute atomic E-state index is 12.0. The average molecular weight is 263 g/mol. The Kier molecular flexibility index (Phi) is 3.25. The molecule has 0 aliphatic carbocycles. The number of hydrogen-bond donors (Lipinski definition) is 2. The highest BCUT2D eigenvalue weighted by Crippen LogP contribution is 2.22. The molecular formula is C13H13NO3S. The third-order valence-electron chi connectivity index (χ3n) is 2.50. The van der Waals surface area contributed by atoms with Crippen molar-refractivity contribution >= 4 is 15.7 Å². The summed E-state index contributed by atoms with van der Waals surface area (Å²) in [6.45, 7) is 1.70. The summed E-state index contributed by atoms with van der Waals surface area (Å²) >= 11 is 0. The van der Waals surface area contributed by atoms with E-state index in [0.717, 1.165) is 0 Å². The number of aromatic hydroxyl groups is 1. The van der Waals surface area contributed by atoms with Gasteiger partial charge in [-0.2, -0.15) is 0 Å². The van der Waals surface area contributed by atoms with Gasteiger partial charge in [-0.25, -0.2) is 8.42 Å². The number of phenols is 1. The Morgan fingerprint density at radius 2 is 1.72 bits per heavy atom. The number of rotatable bonds is 3. The topological polar surface area (TPSA) is 66.4 Å². The normalized spacial score (nSPS) is 11.2. The Labute approximate surface area is 106 Å². The van der Waals surface area contributed by atoms with Crippen LogP contribution in [0.25, 0.3) is 0 Å². The number of phenolic OH excluding ortho intramolecular Hbond substituents is 1. The maximum Gasteiger partial charge on any atom is 0.261 e. The molecule has 18 heavy (non-hydrogen) atoms. The molecule has 0 spiro atoms. The van der Waals surface area contributed by atoms with E-state index in [9.17, 15) is 13.5 Å². The fraction of sp³-hybridized carbons (Fsp3) is 0.0769. The summed E-state index contributed by atoms with van der Waals surface area (Å²) in [5.41, 5.74) is 1.04. The second kappa shape index (κ2) is 4.70. The third-order valence-corrected chi connectivity index (χ3v) is 3.90. The van der Waals surface area contributed by atoms with Crippen LogP contribution in [0.1, 0.15) is 5.56 Å². The Morgan fingerprint density at radius 1 is 1.06 bits per heavy atom. The first-order chi connectivity index (χ1) is 8.49. The maximum atomic E-state index is 12.0. The summed E-state index contributed by atoms with van der Waals surface area (Å²) in [7, 11) is -3.57. The van der Waals surface area contributed by atoms with Crippen molar-refractivity contribution < 1.29 is 13.5 Å². The Morgan fingerprint density at radius 3 is 2.33 bits per heavy atom. The van der Waals surface area contributed by atoms with Crippen LogP contribution in [0.2, 0.25) is 0 Å². The monoisotopic (exact) mass is 263 g/mol. The molecule has 0 heterocycles. The minimum atomic E-state index is -3.57. The lowest BCUT2D eigenvalue weighted by atomic mass is 10.2. The molecule has 0 aromatic heterocycles. The highest BCUT2D eigenvalue weighted by Gasteiger charge is 2.13. The fourth-order valence-electron chi connectivity index (χ4n) is 1.53. The van der Waals surface area contributed by atoms with Gasteiger partial charge < -0.3 is 5.11 Å². The van der Waals surface area contributed by atoms with Crippen LogP contribution >= 0.6 is 0 Å². The molecule has 2 aromatic carbocycles. The molecule has 2 aromatic rings. The summed E-state index contributed by atoms with van der Waals surface area (Å²) in [5, 5.41) is 9.38. The van der Waals surface area contributed by atoms with Gasteiger partial charge in [0.1, 0.15) is 5.75 Å². The number of sulfonamides is 1. The molecule has 0 unspecified atom stereocenters. The van der Waals surface area contributed by atoms with Crippen LogP contribution in [0, 0.1) is 6.92 Å². The zero-order valence-electron chi connectivity index (χ0n) is 9.79. The summed E-state index contributed by atoms with van der Waals surface area (Å²) in [6.07, 6.45) is 0. The van der Waals surface area contributed by atoms with Gasteiger partial charge in [-0.15, -0.1) is 0 Å². The lowest BCUT2D eigenvalue weighted by molar-refractivity contribution is 0.471. The van der Waals surface area contributed by atoms with Gasteiger partial charge in [0.25, 0.3) is 10.0 Å². The third kappa shape index (κ3) is 2.62. The van der Waals surface area contributed by atoms with E-state index in [-0.39, 0.29) is 10.6 Å². The number of hydrogen-bond acceptors (Lipinski definition) is 3. The number of aryl methyl sites for hydroxylation is 1. The van der Waals surface area contributed by atoms with Crippen molar-refractivity contribution in [3.63, 3.8) is 0 Å². The molecule has 0 amide bonds. The summed E-state index contributed by atoms with van der Waals surface area (Å²) in [4.78, 5) is 0.204. The molecule has 0 saturated heterocycles. The first-order valence-corrected chi connectivity index (χ1v) is 6.85. The second-order valence-corrected chi connectivity index (χ2v) is 5.60. The van der Waals surface area contributed by atoms with Crippen molar-refractivity contribution in [3.05, 3.63) is 54.1 Å². The molecule has 0 saturated carbocycles. The Balaban J connectivity index is 2.31. The van der Waals surface area contributed by atoms with E-state index in [2.05, 4.69) is 4.72 Å². The molecule has 0 atom stereocenters.